The minimum absolute atomic E-state index is 0.222. The number of nitrogens with two attached hydrogens (primary N) is 1. The van der Waals surface area contributed by atoms with E-state index >= 15 is 0 Å². The van der Waals surface area contributed by atoms with Crippen molar-refractivity contribution >= 4 is 28.8 Å². The van der Waals surface area contributed by atoms with Gasteiger partial charge in [0.25, 0.3) is 0 Å². The van der Waals surface area contributed by atoms with E-state index in [0.717, 1.165) is 11.5 Å². The van der Waals surface area contributed by atoms with Gasteiger partial charge >= 0.3 is 5.97 Å². The summed E-state index contributed by atoms with van der Waals surface area (Å²) in [6.07, 6.45) is 1.12. The van der Waals surface area contributed by atoms with Gasteiger partial charge in [0.2, 0.25) is 0 Å². The van der Waals surface area contributed by atoms with Gasteiger partial charge < -0.3 is 15.7 Å². The highest BCUT2D eigenvalue weighted by molar-refractivity contribution is 7.09. The first-order valence-corrected chi connectivity index (χ1v) is 4.42. The van der Waals surface area contributed by atoms with Crippen LogP contribution in [0.15, 0.2) is 5.16 Å². The number of anilines is 1. The predicted octanol–water partition coefficient (Wildman–Crippen LogP) is -0.250. The molecular weight excluding hydrogens is 208 g/mol. The van der Waals surface area contributed by atoms with Crippen LogP contribution < -0.4 is 5.73 Å². The fourth-order valence-electron chi connectivity index (χ4n) is 0.641. The van der Waals surface area contributed by atoms with Gasteiger partial charge in [0.15, 0.2) is 11.3 Å². The van der Waals surface area contributed by atoms with Gasteiger partial charge in [-0.2, -0.15) is 4.37 Å². The van der Waals surface area contributed by atoms with Crippen LogP contribution in [0.2, 0.25) is 0 Å². The Labute approximate surface area is 83.4 Å². The molecule has 0 aromatic carbocycles. The lowest BCUT2D eigenvalue weighted by Crippen LogP contribution is -1.99. The number of rotatable bonds is 5. The average Bonchev–Trinajstić information content (AvgIpc) is 2.50. The van der Waals surface area contributed by atoms with Crippen molar-refractivity contribution in [3.05, 3.63) is 5.82 Å². The second-order valence-electron chi connectivity index (χ2n) is 2.20. The summed E-state index contributed by atoms with van der Waals surface area (Å²) in [5.41, 5.74) is 5.35. The Morgan fingerprint density at radius 2 is 2.57 bits per heavy atom. The third kappa shape index (κ3) is 3.81. The summed E-state index contributed by atoms with van der Waals surface area (Å²) in [5, 5.41) is 11.7. The van der Waals surface area contributed by atoms with Crippen molar-refractivity contribution < 1.29 is 14.7 Å². The van der Waals surface area contributed by atoms with E-state index in [0.29, 0.717) is 23.6 Å². The van der Waals surface area contributed by atoms with Crippen molar-refractivity contribution in [2.24, 2.45) is 5.16 Å². The van der Waals surface area contributed by atoms with Crippen LogP contribution in [0.4, 0.5) is 5.13 Å². The number of nitrogens with zero attached hydrogens (tertiary/aromatic N) is 3. The maximum atomic E-state index is 9.97. The highest BCUT2D eigenvalue weighted by atomic mass is 32.1. The number of aliphatic carboxylic acids is 1. The monoisotopic (exact) mass is 216 g/mol. The normalized spacial score (nSPS) is 10.6. The summed E-state index contributed by atoms with van der Waals surface area (Å²) in [6, 6.07) is 0. The summed E-state index contributed by atoms with van der Waals surface area (Å²) >= 11 is 1.10. The van der Waals surface area contributed by atoms with Crippen LogP contribution in [0.1, 0.15) is 5.82 Å². The molecule has 0 radical (unpaired) electrons. The summed E-state index contributed by atoms with van der Waals surface area (Å²) in [4.78, 5) is 18.5. The Balaban J connectivity index is 2.19. The molecule has 3 N–H and O–H groups in total. The lowest BCUT2D eigenvalue weighted by atomic mass is 10.4. The standard InChI is InChI=1S/C6H8N4O3S/c7-6-9-4(10-14-6)1-2-13-8-3-5(11)12/h3H,1-2H2,(H,11,12)(H2,7,9,10)/b8-3-. The zero-order valence-corrected chi connectivity index (χ0v) is 7.90. The third-order valence-electron chi connectivity index (χ3n) is 1.14. The van der Waals surface area contributed by atoms with Gasteiger partial charge in [-0.25, -0.2) is 9.78 Å². The summed E-state index contributed by atoms with van der Waals surface area (Å²) in [7, 11) is 0. The Hall–Kier alpha value is -1.70. The second kappa shape index (κ2) is 5.12. The van der Waals surface area contributed by atoms with Crippen LogP contribution in [0.3, 0.4) is 0 Å². The van der Waals surface area contributed by atoms with Gasteiger partial charge in [-0.1, -0.05) is 5.16 Å². The number of hydrogen-bond donors (Lipinski definition) is 2. The third-order valence-corrected chi connectivity index (χ3v) is 1.72. The highest BCUT2D eigenvalue weighted by Crippen LogP contribution is 2.05. The molecule has 0 bridgehead atoms. The molecule has 0 unspecified atom stereocenters. The molecule has 0 aliphatic carbocycles. The Morgan fingerprint density at radius 1 is 1.79 bits per heavy atom. The molecule has 7 nitrogen and oxygen atoms in total. The molecule has 1 aromatic rings. The number of carboxylic acid groups (broad SMARTS) is 1. The van der Waals surface area contributed by atoms with Crippen LogP contribution in [-0.2, 0) is 16.1 Å². The SMILES string of the molecule is Nc1nc(CCO/N=C\C(=O)O)ns1. The number of hydrogen-bond acceptors (Lipinski definition) is 7. The number of nitrogen functional groups attached to an aromatic ring is 1. The highest BCUT2D eigenvalue weighted by Gasteiger charge is 2.00. The lowest BCUT2D eigenvalue weighted by molar-refractivity contribution is -0.129. The lowest BCUT2D eigenvalue weighted by Gasteiger charge is -1.93. The van der Waals surface area contributed by atoms with Gasteiger partial charge in [-0.05, 0) is 0 Å². The Kier molecular flexibility index (Phi) is 3.80. The van der Waals surface area contributed by atoms with Crippen LogP contribution in [0.25, 0.3) is 0 Å². The van der Waals surface area contributed by atoms with E-state index in [2.05, 4.69) is 19.4 Å². The molecule has 1 heterocycles. The maximum Gasteiger partial charge on any atom is 0.350 e. The zero-order valence-electron chi connectivity index (χ0n) is 7.08. The molecule has 0 aliphatic rings. The van der Waals surface area contributed by atoms with Crippen LogP contribution in [0, 0.1) is 0 Å². The summed E-state index contributed by atoms with van der Waals surface area (Å²) in [6.45, 7) is 0.222. The quantitative estimate of drug-likeness (QED) is 0.399. The fourth-order valence-corrected chi connectivity index (χ4v) is 1.12. The Morgan fingerprint density at radius 3 is 3.14 bits per heavy atom. The van der Waals surface area contributed by atoms with Gasteiger partial charge in [0.05, 0.1) is 0 Å². The average molecular weight is 216 g/mol. The molecule has 76 valence electrons. The molecule has 0 saturated heterocycles. The first kappa shape index (κ1) is 10.4. The number of carboxylic acids is 1. The molecule has 14 heavy (non-hydrogen) atoms. The van der Waals surface area contributed by atoms with E-state index in [1.807, 2.05) is 0 Å². The van der Waals surface area contributed by atoms with Crippen molar-refractivity contribution in [1.29, 1.82) is 0 Å². The number of aromatic nitrogens is 2. The van der Waals surface area contributed by atoms with Gasteiger partial charge in [0, 0.05) is 18.0 Å². The molecule has 0 atom stereocenters. The second-order valence-corrected chi connectivity index (χ2v) is 2.99. The van der Waals surface area contributed by atoms with E-state index in [1.165, 1.54) is 0 Å². The fraction of sp³-hybridized carbons (Fsp3) is 0.333. The summed E-state index contributed by atoms with van der Waals surface area (Å²) in [5.74, 6) is -0.584. The predicted molar refractivity (Wildman–Crippen MR) is 50.1 cm³/mol. The van der Waals surface area contributed by atoms with E-state index in [-0.39, 0.29) is 6.61 Å². The molecule has 0 amide bonds. The van der Waals surface area contributed by atoms with Crippen LogP contribution in [-0.4, -0.2) is 33.3 Å². The van der Waals surface area contributed by atoms with Crippen LogP contribution >= 0.6 is 11.5 Å². The number of oxime groups is 1. The number of carbonyl (C=O) groups is 1. The van der Waals surface area contributed by atoms with Gasteiger partial charge in [0.1, 0.15) is 12.4 Å². The van der Waals surface area contributed by atoms with Crippen molar-refractivity contribution in [1.82, 2.24) is 9.36 Å². The van der Waals surface area contributed by atoms with E-state index in [9.17, 15) is 4.79 Å². The van der Waals surface area contributed by atoms with E-state index in [1.54, 1.807) is 0 Å². The van der Waals surface area contributed by atoms with Crippen molar-refractivity contribution in [2.45, 2.75) is 6.42 Å². The molecular formula is C6H8N4O3S. The minimum Gasteiger partial charge on any atom is -0.477 e. The van der Waals surface area contributed by atoms with E-state index in [4.69, 9.17) is 10.8 Å². The van der Waals surface area contributed by atoms with Crippen molar-refractivity contribution in [3.8, 4) is 0 Å². The molecule has 1 aromatic heterocycles. The maximum absolute atomic E-state index is 9.97. The van der Waals surface area contributed by atoms with Gasteiger partial charge in [-0.3, -0.25) is 0 Å². The minimum atomic E-state index is -1.15. The molecule has 0 fully saturated rings. The molecule has 8 heteroatoms. The van der Waals surface area contributed by atoms with Crippen molar-refractivity contribution in [2.75, 3.05) is 12.3 Å². The van der Waals surface area contributed by atoms with E-state index < -0.39 is 5.97 Å². The smallest absolute Gasteiger partial charge is 0.350 e. The molecule has 0 saturated carbocycles. The molecule has 0 spiro atoms. The van der Waals surface area contributed by atoms with Crippen LogP contribution in [0.5, 0.6) is 0 Å². The molecule has 1 rings (SSSR count). The topological polar surface area (TPSA) is 111 Å². The van der Waals surface area contributed by atoms with Crippen molar-refractivity contribution in [3.63, 3.8) is 0 Å². The largest absolute Gasteiger partial charge is 0.477 e. The summed E-state index contributed by atoms with van der Waals surface area (Å²) < 4.78 is 3.91. The first-order chi connectivity index (χ1) is 6.68. The first-order valence-electron chi connectivity index (χ1n) is 3.65. The van der Waals surface area contributed by atoms with Gasteiger partial charge in [-0.15, -0.1) is 0 Å². The molecule has 0 aliphatic heterocycles. The zero-order chi connectivity index (χ0) is 10.4. The Bertz CT molecular complexity index is 338.